The summed E-state index contributed by atoms with van der Waals surface area (Å²) in [6.07, 6.45) is 0.726. The van der Waals surface area contributed by atoms with Crippen molar-refractivity contribution in [2.75, 3.05) is 44.0 Å². The van der Waals surface area contributed by atoms with Gasteiger partial charge in [0.1, 0.15) is 0 Å². The highest BCUT2D eigenvalue weighted by molar-refractivity contribution is 7.89. The Balaban J connectivity index is 2.62. The Bertz CT molecular complexity index is 534. The number of sulfonamides is 1. The van der Waals surface area contributed by atoms with Gasteiger partial charge in [-0.25, -0.2) is 13.1 Å². The van der Waals surface area contributed by atoms with E-state index in [1.54, 1.807) is 13.0 Å². The van der Waals surface area contributed by atoms with Gasteiger partial charge < -0.3 is 20.9 Å². The van der Waals surface area contributed by atoms with Gasteiger partial charge in [0.2, 0.25) is 10.0 Å². The van der Waals surface area contributed by atoms with Crippen molar-refractivity contribution in [3.63, 3.8) is 0 Å². The van der Waals surface area contributed by atoms with E-state index in [9.17, 15) is 8.42 Å². The van der Waals surface area contributed by atoms with Gasteiger partial charge in [0.05, 0.1) is 29.5 Å². The molecule has 0 aliphatic carbocycles. The highest BCUT2D eigenvalue weighted by atomic mass is 32.2. The quantitative estimate of drug-likeness (QED) is 0.366. The fourth-order valence-electron chi connectivity index (χ4n) is 1.69. The van der Waals surface area contributed by atoms with Crippen LogP contribution in [0.5, 0.6) is 0 Å². The Hall–Kier alpha value is -1.35. The maximum Gasteiger partial charge on any atom is 0.240 e. The number of aliphatic hydroxyl groups excluding tert-OH is 1. The van der Waals surface area contributed by atoms with Crippen molar-refractivity contribution in [1.82, 2.24) is 4.72 Å². The molecular formula is C13H23N3O4S. The zero-order chi connectivity index (χ0) is 15.7. The molecule has 0 atom stereocenters. The highest BCUT2D eigenvalue weighted by Crippen LogP contribution is 2.22. The third kappa shape index (κ3) is 5.88. The van der Waals surface area contributed by atoms with Crippen LogP contribution >= 0.6 is 0 Å². The summed E-state index contributed by atoms with van der Waals surface area (Å²) in [7, 11) is -3.49. The molecule has 0 radical (unpaired) electrons. The predicted molar refractivity (Wildman–Crippen MR) is 82.7 cm³/mol. The number of hydrogen-bond acceptors (Lipinski definition) is 6. The average Bonchev–Trinajstić information content (AvgIpc) is 2.44. The van der Waals surface area contributed by atoms with E-state index in [0.29, 0.717) is 37.7 Å². The molecule has 0 aliphatic rings. The molecule has 0 fully saturated rings. The van der Waals surface area contributed by atoms with Crippen LogP contribution < -0.4 is 15.8 Å². The van der Waals surface area contributed by atoms with E-state index in [0.717, 1.165) is 6.42 Å². The summed E-state index contributed by atoms with van der Waals surface area (Å²) in [6.45, 7) is 3.49. The summed E-state index contributed by atoms with van der Waals surface area (Å²) in [5, 5.41) is 11.7. The number of nitrogens with one attached hydrogen (secondary N) is 2. The number of nitrogen functional groups attached to an aromatic ring is 1. The fourth-order valence-corrected chi connectivity index (χ4v) is 2.76. The second-order valence-electron chi connectivity index (χ2n) is 4.37. The van der Waals surface area contributed by atoms with Crippen LogP contribution in [0.4, 0.5) is 11.4 Å². The first-order valence-electron chi connectivity index (χ1n) is 6.83. The van der Waals surface area contributed by atoms with Gasteiger partial charge in [-0.3, -0.25) is 0 Å². The van der Waals surface area contributed by atoms with Crippen LogP contribution in [0.2, 0.25) is 0 Å². The molecule has 8 heteroatoms. The zero-order valence-corrected chi connectivity index (χ0v) is 12.9. The lowest BCUT2D eigenvalue weighted by atomic mass is 10.2. The van der Waals surface area contributed by atoms with Gasteiger partial charge in [-0.2, -0.15) is 0 Å². The van der Waals surface area contributed by atoms with Crippen LogP contribution in [0.15, 0.2) is 23.1 Å². The Morgan fingerprint density at radius 2 is 2.10 bits per heavy atom. The second kappa shape index (κ2) is 8.83. The van der Waals surface area contributed by atoms with Crippen molar-refractivity contribution >= 4 is 21.4 Å². The maximum atomic E-state index is 11.9. The summed E-state index contributed by atoms with van der Waals surface area (Å²) in [6, 6.07) is 4.56. The summed E-state index contributed by atoms with van der Waals surface area (Å²) in [5.41, 5.74) is 6.89. The molecule has 0 aromatic heterocycles. The largest absolute Gasteiger partial charge is 0.397 e. The van der Waals surface area contributed by atoms with Crippen LogP contribution in [0, 0.1) is 0 Å². The summed E-state index contributed by atoms with van der Waals surface area (Å²) < 4.78 is 31.4. The van der Waals surface area contributed by atoms with Crippen molar-refractivity contribution in [2.24, 2.45) is 0 Å². The smallest absolute Gasteiger partial charge is 0.240 e. The van der Waals surface area contributed by atoms with Gasteiger partial charge in [0, 0.05) is 19.7 Å². The zero-order valence-electron chi connectivity index (χ0n) is 12.1. The third-order valence-corrected chi connectivity index (χ3v) is 4.23. The number of benzene rings is 1. The van der Waals surface area contributed by atoms with Gasteiger partial charge in [-0.15, -0.1) is 0 Å². The Morgan fingerprint density at radius 1 is 1.33 bits per heavy atom. The minimum absolute atomic E-state index is 0.00467. The number of anilines is 2. The Kier molecular flexibility index (Phi) is 7.44. The van der Waals surface area contributed by atoms with Gasteiger partial charge in [-0.1, -0.05) is 6.92 Å². The topological polar surface area (TPSA) is 114 Å². The minimum Gasteiger partial charge on any atom is -0.397 e. The molecule has 5 N–H and O–H groups in total. The lowest BCUT2D eigenvalue weighted by molar-refractivity contribution is 0.0922. The molecule has 0 bridgehead atoms. The lowest BCUT2D eigenvalue weighted by Gasteiger charge is -2.12. The SMILES string of the molecule is CCNS(=O)(=O)c1ccc(N)c(NCCCOCCO)c1. The summed E-state index contributed by atoms with van der Waals surface area (Å²) >= 11 is 0. The molecule has 0 amide bonds. The van der Waals surface area contributed by atoms with E-state index >= 15 is 0 Å². The second-order valence-corrected chi connectivity index (χ2v) is 6.13. The number of ether oxygens (including phenoxy) is 1. The average molecular weight is 317 g/mol. The first kappa shape index (κ1) is 17.7. The first-order valence-corrected chi connectivity index (χ1v) is 8.31. The van der Waals surface area contributed by atoms with E-state index in [-0.39, 0.29) is 11.5 Å². The number of hydrogen-bond donors (Lipinski definition) is 4. The van der Waals surface area contributed by atoms with Gasteiger partial charge in [-0.05, 0) is 24.6 Å². The van der Waals surface area contributed by atoms with Crippen LogP contribution in [-0.4, -0.2) is 46.4 Å². The molecule has 0 aliphatic heterocycles. The van der Waals surface area contributed by atoms with Crippen molar-refractivity contribution in [1.29, 1.82) is 0 Å². The number of rotatable bonds is 10. The van der Waals surface area contributed by atoms with Crippen LogP contribution in [0.25, 0.3) is 0 Å². The van der Waals surface area contributed by atoms with E-state index in [4.69, 9.17) is 15.6 Å². The van der Waals surface area contributed by atoms with Crippen LogP contribution in [0.1, 0.15) is 13.3 Å². The van der Waals surface area contributed by atoms with E-state index in [1.165, 1.54) is 12.1 Å². The molecule has 1 rings (SSSR count). The van der Waals surface area contributed by atoms with Gasteiger partial charge >= 0.3 is 0 Å². The standard InChI is InChI=1S/C13H23N3O4S/c1-2-16-21(18,19)11-4-5-12(14)13(10-11)15-6-3-8-20-9-7-17/h4-5,10,15-17H,2-3,6-9,14H2,1H3. The third-order valence-electron chi connectivity index (χ3n) is 2.69. The Labute approximate surface area is 125 Å². The Morgan fingerprint density at radius 3 is 2.76 bits per heavy atom. The number of nitrogens with two attached hydrogens (primary N) is 1. The van der Waals surface area contributed by atoms with E-state index < -0.39 is 10.0 Å². The number of aliphatic hydroxyl groups is 1. The van der Waals surface area contributed by atoms with Gasteiger partial charge in [0.25, 0.3) is 0 Å². The molecule has 7 nitrogen and oxygen atoms in total. The minimum atomic E-state index is -3.49. The molecule has 0 saturated carbocycles. The lowest BCUT2D eigenvalue weighted by Crippen LogP contribution is -2.23. The molecule has 0 heterocycles. The summed E-state index contributed by atoms with van der Waals surface area (Å²) in [5.74, 6) is 0. The molecule has 120 valence electrons. The van der Waals surface area contributed by atoms with Crippen molar-refractivity contribution in [2.45, 2.75) is 18.2 Å². The molecule has 1 aromatic carbocycles. The van der Waals surface area contributed by atoms with Crippen molar-refractivity contribution in [3.05, 3.63) is 18.2 Å². The molecule has 21 heavy (non-hydrogen) atoms. The van der Waals surface area contributed by atoms with Crippen molar-refractivity contribution in [3.8, 4) is 0 Å². The normalized spacial score (nSPS) is 11.5. The van der Waals surface area contributed by atoms with E-state index in [1.807, 2.05) is 0 Å². The monoisotopic (exact) mass is 317 g/mol. The fraction of sp³-hybridized carbons (Fsp3) is 0.538. The highest BCUT2D eigenvalue weighted by Gasteiger charge is 2.14. The maximum absolute atomic E-state index is 11.9. The predicted octanol–water partition coefficient (Wildman–Crippen LogP) is 0.378. The molecule has 1 aromatic rings. The molecule has 0 unspecified atom stereocenters. The van der Waals surface area contributed by atoms with Crippen LogP contribution in [-0.2, 0) is 14.8 Å². The van der Waals surface area contributed by atoms with Crippen LogP contribution in [0.3, 0.4) is 0 Å². The molecular weight excluding hydrogens is 294 g/mol. The van der Waals surface area contributed by atoms with Gasteiger partial charge in [0.15, 0.2) is 0 Å². The first-order chi connectivity index (χ1) is 10.0. The molecule has 0 spiro atoms. The van der Waals surface area contributed by atoms with E-state index in [2.05, 4.69) is 10.0 Å². The van der Waals surface area contributed by atoms with Crippen molar-refractivity contribution < 1.29 is 18.3 Å². The molecule has 0 saturated heterocycles. The summed E-state index contributed by atoms with van der Waals surface area (Å²) in [4.78, 5) is 0.178.